The Morgan fingerprint density at radius 1 is 1.12 bits per heavy atom. The standard InChI is InChI=1S/C15H27NO/c1-12(13-6-10-17-11-13)16-14-5-9-15(14)7-3-2-4-8-15/h12-14,16H,2-11H2,1H3. The van der Waals surface area contributed by atoms with Crippen LogP contribution in [-0.2, 0) is 4.74 Å². The number of ether oxygens (including phenoxy) is 1. The molecule has 2 saturated carbocycles. The normalized spacial score (nSPS) is 37.9. The highest BCUT2D eigenvalue weighted by atomic mass is 16.5. The molecule has 1 heterocycles. The van der Waals surface area contributed by atoms with Crippen molar-refractivity contribution in [2.75, 3.05) is 13.2 Å². The van der Waals surface area contributed by atoms with Crippen molar-refractivity contribution in [1.29, 1.82) is 0 Å². The van der Waals surface area contributed by atoms with Crippen molar-refractivity contribution in [3.8, 4) is 0 Å². The second kappa shape index (κ2) is 4.89. The zero-order valence-corrected chi connectivity index (χ0v) is 11.2. The van der Waals surface area contributed by atoms with E-state index in [0.29, 0.717) is 11.5 Å². The molecule has 0 radical (unpaired) electrons. The molecule has 98 valence electrons. The molecule has 2 heteroatoms. The minimum Gasteiger partial charge on any atom is -0.381 e. The molecule has 3 fully saturated rings. The Kier molecular flexibility index (Phi) is 3.45. The first-order chi connectivity index (χ1) is 8.30. The summed E-state index contributed by atoms with van der Waals surface area (Å²) in [6.45, 7) is 4.33. The van der Waals surface area contributed by atoms with Crippen molar-refractivity contribution in [2.45, 2.75) is 70.4 Å². The van der Waals surface area contributed by atoms with E-state index in [9.17, 15) is 0 Å². The third-order valence-electron chi connectivity index (χ3n) is 5.66. The largest absolute Gasteiger partial charge is 0.381 e. The van der Waals surface area contributed by atoms with Gasteiger partial charge in [-0.15, -0.1) is 0 Å². The number of hydrogen-bond acceptors (Lipinski definition) is 2. The van der Waals surface area contributed by atoms with E-state index < -0.39 is 0 Å². The van der Waals surface area contributed by atoms with Crippen molar-refractivity contribution in [3.05, 3.63) is 0 Å². The van der Waals surface area contributed by atoms with Gasteiger partial charge in [-0.25, -0.2) is 0 Å². The first kappa shape index (κ1) is 12.0. The Bertz CT molecular complexity index is 254. The second-order valence-electron chi connectivity index (χ2n) is 6.59. The molecule has 1 aliphatic heterocycles. The molecular weight excluding hydrogens is 210 g/mol. The summed E-state index contributed by atoms with van der Waals surface area (Å²) < 4.78 is 5.51. The topological polar surface area (TPSA) is 21.3 Å². The molecule has 2 aliphatic carbocycles. The maximum absolute atomic E-state index is 5.51. The number of hydrogen-bond donors (Lipinski definition) is 1. The summed E-state index contributed by atoms with van der Waals surface area (Å²) in [5.74, 6) is 0.760. The lowest BCUT2D eigenvalue weighted by molar-refractivity contribution is 0.0128. The minimum absolute atomic E-state index is 0.654. The van der Waals surface area contributed by atoms with Crippen molar-refractivity contribution in [1.82, 2.24) is 5.32 Å². The van der Waals surface area contributed by atoms with Crippen molar-refractivity contribution >= 4 is 0 Å². The Morgan fingerprint density at radius 3 is 2.53 bits per heavy atom. The van der Waals surface area contributed by atoms with E-state index in [-0.39, 0.29) is 0 Å². The van der Waals surface area contributed by atoms with Gasteiger partial charge >= 0.3 is 0 Å². The molecule has 0 aromatic carbocycles. The first-order valence-corrected chi connectivity index (χ1v) is 7.64. The van der Waals surface area contributed by atoms with Gasteiger partial charge in [-0.1, -0.05) is 19.3 Å². The molecular formula is C15H27NO. The predicted molar refractivity (Wildman–Crippen MR) is 70.1 cm³/mol. The highest BCUT2D eigenvalue weighted by molar-refractivity contribution is 5.02. The summed E-state index contributed by atoms with van der Waals surface area (Å²) in [5, 5.41) is 3.94. The van der Waals surface area contributed by atoms with E-state index in [1.54, 1.807) is 0 Å². The smallest absolute Gasteiger partial charge is 0.0509 e. The van der Waals surface area contributed by atoms with Crippen LogP contribution in [0.2, 0.25) is 0 Å². The fourth-order valence-corrected chi connectivity index (χ4v) is 4.21. The van der Waals surface area contributed by atoms with E-state index in [4.69, 9.17) is 4.74 Å². The minimum atomic E-state index is 0.654. The Balaban J connectivity index is 1.54. The van der Waals surface area contributed by atoms with Gasteiger partial charge in [0.1, 0.15) is 0 Å². The average Bonchev–Trinajstić information content (AvgIpc) is 2.89. The van der Waals surface area contributed by atoms with Crippen LogP contribution < -0.4 is 5.32 Å². The van der Waals surface area contributed by atoms with Crippen LogP contribution in [0.5, 0.6) is 0 Å². The van der Waals surface area contributed by atoms with Gasteiger partial charge in [-0.2, -0.15) is 0 Å². The fraction of sp³-hybridized carbons (Fsp3) is 1.00. The molecule has 0 bridgehead atoms. The van der Waals surface area contributed by atoms with Crippen LogP contribution >= 0.6 is 0 Å². The van der Waals surface area contributed by atoms with Crippen LogP contribution in [-0.4, -0.2) is 25.3 Å². The molecule has 17 heavy (non-hydrogen) atoms. The predicted octanol–water partition coefficient (Wildman–Crippen LogP) is 3.11. The van der Waals surface area contributed by atoms with Crippen molar-refractivity contribution < 1.29 is 4.74 Å². The Hall–Kier alpha value is -0.0800. The van der Waals surface area contributed by atoms with Crippen LogP contribution in [0.1, 0.15) is 58.3 Å². The van der Waals surface area contributed by atoms with Crippen molar-refractivity contribution in [3.63, 3.8) is 0 Å². The fourth-order valence-electron chi connectivity index (χ4n) is 4.21. The van der Waals surface area contributed by atoms with E-state index >= 15 is 0 Å². The molecule has 3 atom stereocenters. The summed E-state index contributed by atoms with van der Waals surface area (Å²) in [4.78, 5) is 0. The van der Waals surface area contributed by atoms with Crippen LogP contribution in [0.25, 0.3) is 0 Å². The zero-order valence-electron chi connectivity index (χ0n) is 11.2. The van der Waals surface area contributed by atoms with Gasteiger partial charge in [0.15, 0.2) is 0 Å². The van der Waals surface area contributed by atoms with Gasteiger partial charge < -0.3 is 10.1 Å². The second-order valence-corrected chi connectivity index (χ2v) is 6.59. The Morgan fingerprint density at radius 2 is 1.94 bits per heavy atom. The highest BCUT2D eigenvalue weighted by Gasteiger charge is 2.47. The van der Waals surface area contributed by atoms with E-state index in [2.05, 4.69) is 12.2 Å². The lowest BCUT2D eigenvalue weighted by atomic mass is 9.57. The van der Waals surface area contributed by atoms with Gasteiger partial charge in [0.05, 0.1) is 6.61 Å². The van der Waals surface area contributed by atoms with E-state index in [0.717, 1.165) is 25.2 Å². The summed E-state index contributed by atoms with van der Waals surface area (Å²) in [7, 11) is 0. The summed E-state index contributed by atoms with van der Waals surface area (Å²) in [5.41, 5.74) is 0.700. The molecule has 1 N–H and O–H groups in total. The zero-order chi connectivity index (χ0) is 11.7. The molecule has 0 amide bonds. The molecule has 3 unspecified atom stereocenters. The van der Waals surface area contributed by atoms with Gasteiger partial charge in [-0.3, -0.25) is 0 Å². The van der Waals surface area contributed by atoms with Gasteiger partial charge in [0.2, 0.25) is 0 Å². The molecule has 3 aliphatic rings. The molecule has 3 rings (SSSR count). The SMILES string of the molecule is CC(NC1CCC12CCCCC2)C1CCOC1. The third kappa shape index (κ3) is 2.26. The lowest BCUT2D eigenvalue weighted by Crippen LogP contribution is -2.57. The summed E-state index contributed by atoms with van der Waals surface area (Å²) in [6, 6.07) is 1.47. The molecule has 1 spiro atoms. The molecule has 1 saturated heterocycles. The monoisotopic (exact) mass is 237 g/mol. The molecule has 0 aromatic rings. The third-order valence-corrected chi connectivity index (χ3v) is 5.66. The van der Waals surface area contributed by atoms with Gasteiger partial charge in [0, 0.05) is 18.7 Å². The quantitative estimate of drug-likeness (QED) is 0.814. The highest BCUT2D eigenvalue weighted by Crippen LogP contribution is 2.51. The maximum atomic E-state index is 5.51. The van der Waals surface area contributed by atoms with Crippen LogP contribution in [0.4, 0.5) is 0 Å². The van der Waals surface area contributed by atoms with Crippen LogP contribution in [0.3, 0.4) is 0 Å². The average molecular weight is 237 g/mol. The lowest BCUT2D eigenvalue weighted by Gasteiger charge is -2.53. The van der Waals surface area contributed by atoms with E-state index in [1.807, 2.05) is 0 Å². The van der Waals surface area contributed by atoms with Crippen LogP contribution in [0.15, 0.2) is 0 Å². The molecule has 2 nitrogen and oxygen atoms in total. The van der Waals surface area contributed by atoms with Gasteiger partial charge in [-0.05, 0) is 50.4 Å². The summed E-state index contributed by atoms with van der Waals surface area (Å²) in [6.07, 6.45) is 11.5. The number of nitrogens with one attached hydrogen (secondary N) is 1. The first-order valence-electron chi connectivity index (χ1n) is 7.64. The Labute approximate surface area is 105 Å². The van der Waals surface area contributed by atoms with E-state index in [1.165, 1.54) is 51.4 Å². The summed E-state index contributed by atoms with van der Waals surface area (Å²) >= 11 is 0. The van der Waals surface area contributed by atoms with Crippen LogP contribution in [0, 0.1) is 11.3 Å². The van der Waals surface area contributed by atoms with Crippen molar-refractivity contribution in [2.24, 2.45) is 11.3 Å². The maximum Gasteiger partial charge on any atom is 0.0509 e. The van der Waals surface area contributed by atoms with Gasteiger partial charge in [0.25, 0.3) is 0 Å². The molecule has 0 aromatic heterocycles. The number of rotatable bonds is 3.